The third-order valence-electron chi connectivity index (χ3n) is 5.60. The Kier molecular flexibility index (Phi) is 3.31. The van der Waals surface area contributed by atoms with Crippen molar-refractivity contribution >= 4 is 23.2 Å². The van der Waals surface area contributed by atoms with E-state index in [-0.39, 0.29) is 22.5 Å². The van der Waals surface area contributed by atoms with Gasteiger partial charge in [0, 0.05) is 17.0 Å². The van der Waals surface area contributed by atoms with Crippen LogP contribution in [0.25, 0.3) is 0 Å². The smallest absolute Gasteiger partial charge is 0.307 e. The van der Waals surface area contributed by atoms with E-state index in [1.807, 2.05) is 25.1 Å². The molecule has 0 radical (unpaired) electrons. The number of benzene rings is 1. The number of ketones is 1. The van der Waals surface area contributed by atoms with E-state index in [1.54, 1.807) is 12.1 Å². The van der Waals surface area contributed by atoms with Crippen molar-refractivity contribution in [1.29, 1.82) is 0 Å². The van der Waals surface area contributed by atoms with Gasteiger partial charge in [-0.3, -0.25) is 4.79 Å². The molecule has 0 saturated heterocycles. The Bertz CT molecular complexity index is 651. The number of para-hydroxylation sites is 1. The van der Waals surface area contributed by atoms with Crippen molar-refractivity contribution in [3.8, 4) is 0 Å². The molecular weight excluding hydrogens is 278 g/mol. The molecule has 22 heavy (non-hydrogen) atoms. The van der Waals surface area contributed by atoms with Crippen LogP contribution < -0.4 is 10.7 Å². The first-order valence-corrected chi connectivity index (χ1v) is 7.61. The minimum Gasteiger partial charge on any atom is -0.307 e. The van der Waals surface area contributed by atoms with E-state index in [1.165, 1.54) is 0 Å². The number of hydrazone groups is 1. The van der Waals surface area contributed by atoms with Crippen molar-refractivity contribution in [3.05, 3.63) is 30.3 Å². The van der Waals surface area contributed by atoms with Crippen LogP contribution >= 0.6 is 0 Å². The Balaban J connectivity index is 1.72. The van der Waals surface area contributed by atoms with Crippen LogP contribution in [-0.2, 0) is 4.79 Å². The van der Waals surface area contributed by atoms with E-state index in [9.17, 15) is 9.59 Å². The van der Waals surface area contributed by atoms with Crippen LogP contribution in [-0.4, -0.2) is 17.5 Å². The van der Waals surface area contributed by atoms with Gasteiger partial charge < -0.3 is 5.32 Å². The summed E-state index contributed by atoms with van der Waals surface area (Å²) < 4.78 is 0. The normalized spacial score (nSPS) is 30.6. The molecule has 2 unspecified atom stereocenters. The van der Waals surface area contributed by atoms with Gasteiger partial charge in [0.25, 0.3) is 0 Å². The van der Waals surface area contributed by atoms with Crippen molar-refractivity contribution in [2.45, 2.75) is 33.6 Å². The zero-order chi connectivity index (χ0) is 16.0. The molecule has 2 N–H and O–H groups in total. The van der Waals surface area contributed by atoms with E-state index in [0.717, 1.165) is 12.8 Å². The Morgan fingerprint density at radius 3 is 2.50 bits per heavy atom. The molecule has 2 bridgehead atoms. The zero-order valence-corrected chi connectivity index (χ0v) is 13.1. The van der Waals surface area contributed by atoms with E-state index in [0.29, 0.717) is 11.4 Å². The first-order valence-electron chi connectivity index (χ1n) is 7.61. The molecule has 116 valence electrons. The highest BCUT2D eigenvalue weighted by Crippen LogP contribution is 2.62. The summed E-state index contributed by atoms with van der Waals surface area (Å²) in [5, 5.41) is 6.82. The van der Waals surface area contributed by atoms with Gasteiger partial charge in [-0.05, 0) is 30.4 Å². The van der Waals surface area contributed by atoms with Gasteiger partial charge in [-0.15, -0.1) is 0 Å². The summed E-state index contributed by atoms with van der Waals surface area (Å²) in [6, 6.07) is 8.70. The first kappa shape index (κ1) is 14.8. The number of Topliss-reactive ketones (excluding diaryl/α,β-unsaturated/α-hetero) is 1. The van der Waals surface area contributed by atoms with Gasteiger partial charge in [-0.25, -0.2) is 10.2 Å². The van der Waals surface area contributed by atoms with Crippen LogP contribution in [0.2, 0.25) is 0 Å². The average molecular weight is 299 g/mol. The number of nitrogens with one attached hydrogen (secondary N) is 2. The van der Waals surface area contributed by atoms with E-state index < -0.39 is 6.03 Å². The molecule has 5 nitrogen and oxygen atoms in total. The minimum absolute atomic E-state index is 0.0776. The van der Waals surface area contributed by atoms with Gasteiger partial charge in [0.05, 0.1) is 0 Å². The van der Waals surface area contributed by atoms with Crippen molar-refractivity contribution in [2.24, 2.45) is 21.8 Å². The fraction of sp³-hybridized carbons (Fsp3) is 0.471. The average Bonchev–Trinajstić information content (AvgIpc) is 2.79. The number of hydrogen-bond donors (Lipinski definition) is 2. The minimum atomic E-state index is -0.433. The SMILES string of the molecule is CC12CCC(C(=NNC(=O)Nc3ccccc3)C1=O)C2(C)C. The Morgan fingerprint density at radius 2 is 1.91 bits per heavy atom. The van der Waals surface area contributed by atoms with Crippen LogP contribution in [0, 0.1) is 16.7 Å². The van der Waals surface area contributed by atoms with Crippen molar-refractivity contribution in [1.82, 2.24) is 5.43 Å². The number of carbonyl (C=O) groups excluding carboxylic acids is 2. The van der Waals surface area contributed by atoms with Crippen LogP contribution in [0.5, 0.6) is 0 Å². The summed E-state index contributed by atoms with van der Waals surface area (Å²) in [7, 11) is 0. The highest BCUT2D eigenvalue weighted by atomic mass is 16.2. The third kappa shape index (κ3) is 2.03. The lowest BCUT2D eigenvalue weighted by molar-refractivity contribution is -0.123. The maximum Gasteiger partial charge on any atom is 0.339 e. The van der Waals surface area contributed by atoms with E-state index in [4.69, 9.17) is 0 Å². The first-order chi connectivity index (χ1) is 10.4. The second kappa shape index (κ2) is 4.93. The number of carbonyl (C=O) groups is 2. The number of fused-ring (bicyclic) bond motifs is 2. The zero-order valence-electron chi connectivity index (χ0n) is 13.1. The Hall–Kier alpha value is -2.17. The van der Waals surface area contributed by atoms with Gasteiger partial charge in [-0.2, -0.15) is 5.10 Å². The Morgan fingerprint density at radius 1 is 1.23 bits per heavy atom. The van der Waals surface area contributed by atoms with Crippen molar-refractivity contribution < 1.29 is 9.59 Å². The maximum atomic E-state index is 12.6. The largest absolute Gasteiger partial charge is 0.339 e. The summed E-state index contributed by atoms with van der Waals surface area (Å²) in [5.41, 5.74) is 3.21. The molecule has 2 aliphatic rings. The molecule has 2 amide bonds. The number of amides is 2. The third-order valence-corrected chi connectivity index (χ3v) is 5.60. The molecule has 1 aromatic carbocycles. The van der Waals surface area contributed by atoms with Crippen LogP contribution in [0.1, 0.15) is 33.6 Å². The summed E-state index contributed by atoms with van der Waals surface area (Å²) in [6.45, 7) is 6.26. The molecule has 1 aromatic rings. The fourth-order valence-electron chi connectivity index (χ4n) is 3.75. The molecular formula is C17H21N3O2. The maximum absolute atomic E-state index is 12.6. The number of nitrogens with zero attached hydrogens (tertiary/aromatic N) is 1. The second-order valence-electron chi connectivity index (χ2n) is 6.90. The summed E-state index contributed by atoms with van der Waals surface area (Å²) in [6.07, 6.45) is 1.86. The molecule has 2 fully saturated rings. The quantitative estimate of drug-likeness (QED) is 0.823. The van der Waals surface area contributed by atoms with Crippen molar-refractivity contribution in [2.75, 3.05) is 5.32 Å². The molecule has 0 heterocycles. The lowest BCUT2D eigenvalue weighted by Gasteiger charge is -2.31. The molecule has 0 aliphatic heterocycles. The summed E-state index contributed by atoms with van der Waals surface area (Å²) >= 11 is 0. The molecule has 0 aromatic heterocycles. The standard InChI is InChI=1S/C17H21N3O2/c1-16(2)12-9-10-17(16,3)14(21)13(12)19-20-15(22)18-11-7-5-4-6-8-11/h4-8,12H,9-10H2,1-3H3,(H2,18,20,22). The molecule has 2 saturated carbocycles. The predicted molar refractivity (Wildman–Crippen MR) is 85.7 cm³/mol. The molecule has 2 aliphatic carbocycles. The van der Waals surface area contributed by atoms with Crippen LogP contribution in [0.3, 0.4) is 0 Å². The topological polar surface area (TPSA) is 70.6 Å². The monoisotopic (exact) mass is 299 g/mol. The number of rotatable bonds is 2. The van der Waals surface area contributed by atoms with Gasteiger partial charge in [0.2, 0.25) is 0 Å². The number of anilines is 1. The lowest BCUT2D eigenvalue weighted by atomic mass is 9.70. The van der Waals surface area contributed by atoms with Crippen LogP contribution in [0.4, 0.5) is 10.5 Å². The summed E-state index contributed by atoms with van der Waals surface area (Å²) in [5.74, 6) is 0.204. The van der Waals surface area contributed by atoms with Gasteiger partial charge in [0.15, 0.2) is 5.78 Å². The number of hydrogen-bond acceptors (Lipinski definition) is 3. The molecule has 0 spiro atoms. The van der Waals surface area contributed by atoms with E-state index >= 15 is 0 Å². The van der Waals surface area contributed by atoms with E-state index in [2.05, 4.69) is 29.7 Å². The lowest BCUT2D eigenvalue weighted by Crippen LogP contribution is -2.34. The second-order valence-corrected chi connectivity index (χ2v) is 6.90. The Labute approximate surface area is 130 Å². The van der Waals surface area contributed by atoms with Crippen molar-refractivity contribution in [3.63, 3.8) is 0 Å². The highest BCUT2D eigenvalue weighted by Gasteiger charge is 2.65. The van der Waals surface area contributed by atoms with Gasteiger partial charge in [-0.1, -0.05) is 39.0 Å². The highest BCUT2D eigenvalue weighted by molar-refractivity contribution is 6.45. The molecule has 5 heteroatoms. The summed E-state index contributed by atoms with van der Waals surface area (Å²) in [4.78, 5) is 24.5. The predicted octanol–water partition coefficient (Wildman–Crippen LogP) is 3.19. The van der Waals surface area contributed by atoms with Gasteiger partial charge in [0.1, 0.15) is 5.71 Å². The molecule has 3 rings (SSSR count). The fourth-order valence-corrected chi connectivity index (χ4v) is 3.75. The van der Waals surface area contributed by atoms with Gasteiger partial charge >= 0.3 is 6.03 Å². The van der Waals surface area contributed by atoms with Crippen LogP contribution in [0.15, 0.2) is 35.4 Å². The number of urea groups is 1. The molecule has 2 atom stereocenters.